The molecule has 0 unspecified atom stereocenters. The molecule has 0 saturated heterocycles. The summed E-state index contributed by atoms with van der Waals surface area (Å²) < 4.78 is 22.9. The number of hydrogen-bond acceptors (Lipinski definition) is 4. The Labute approximate surface area is 179 Å². The number of nitrogens with zero attached hydrogens (tertiary/aromatic N) is 1. The average Bonchev–Trinajstić information content (AvgIpc) is 2.55. The van der Waals surface area contributed by atoms with Crippen molar-refractivity contribution < 1.29 is 13.2 Å². The Kier molecular flexibility index (Phi) is 10.9. The Balaban J connectivity index is 0.00000676. The molecule has 1 aromatic carbocycles. The molecule has 0 saturated carbocycles. The predicted molar refractivity (Wildman–Crippen MR) is 120 cm³/mol. The molecule has 3 N–H and O–H groups in total. The van der Waals surface area contributed by atoms with E-state index in [1.807, 2.05) is 32.9 Å². The first-order chi connectivity index (χ1) is 12.0. The van der Waals surface area contributed by atoms with Crippen LogP contribution in [0.5, 0.6) is 0 Å². The molecule has 0 bridgehead atoms. The van der Waals surface area contributed by atoms with Gasteiger partial charge in [0.05, 0.1) is 4.90 Å². The predicted octanol–water partition coefficient (Wildman–Crippen LogP) is 1.58. The Bertz CT molecular complexity index is 726. The van der Waals surface area contributed by atoms with Gasteiger partial charge in [0.2, 0.25) is 5.91 Å². The second kappa shape index (κ2) is 11.5. The summed E-state index contributed by atoms with van der Waals surface area (Å²) in [6.07, 6.45) is 1.94. The van der Waals surface area contributed by atoms with Crippen LogP contribution < -0.4 is 16.0 Å². The minimum atomic E-state index is -3.16. The molecule has 0 radical (unpaired) electrons. The normalized spacial score (nSPS) is 12.1. The van der Waals surface area contributed by atoms with E-state index in [9.17, 15) is 13.2 Å². The maximum atomic E-state index is 11.8. The zero-order chi connectivity index (χ0) is 19.8. The van der Waals surface area contributed by atoms with Gasteiger partial charge in [0.15, 0.2) is 15.8 Å². The van der Waals surface area contributed by atoms with Crippen molar-refractivity contribution >= 4 is 45.7 Å². The van der Waals surface area contributed by atoms with Crippen LogP contribution in [0, 0.1) is 5.41 Å². The summed E-state index contributed by atoms with van der Waals surface area (Å²) in [5.41, 5.74) is 0.643. The first kappa shape index (κ1) is 25.6. The van der Waals surface area contributed by atoms with Crippen molar-refractivity contribution in [3.8, 4) is 0 Å². The number of carbonyl (C=O) groups excluding carboxylic acids is 1. The summed E-state index contributed by atoms with van der Waals surface area (Å²) >= 11 is 0. The molecule has 1 aromatic rings. The highest BCUT2D eigenvalue weighted by molar-refractivity contribution is 14.0. The van der Waals surface area contributed by atoms with Crippen LogP contribution in [0.1, 0.15) is 26.3 Å². The maximum Gasteiger partial charge on any atom is 0.225 e. The first-order valence-corrected chi connectivity index (χ1v) is 10.4. The van der Waals surface area contributed by atoms with Crippen LogP contribution in [0.2, 0.25) is 0 Å². The molecule has 0 aliphatic heterocycles. The lowest BCUT2D eigenvalue weighted by Crippen LogP contribution is -2.43. The quantitative estimate of drug-likeness (QED) is 0.224. The number of halogens is 1. The Morgan fingerprint density at radius 1 is 1.00 bits per heavy atom. The molecule has 27 heavy (non-hydrogen) atoms. The molecule has 0 aliphatic carbocycles. The van der Waals surface area contributed by atoms with Crippen molar-refractivity contribution in [3.05, 3.63) is 29.8 Å². The van der Waals surface area contributed by atoms with Crippen LogP contribution in [-0.2, 0) is 21.1 Å². The van der Waals surface area contributed by atoms with Gasteiger partial charge in [0.1, 0.15) is 0 Å². The fourth-order valence-corrected chi connectivity index (χ4v) is 2.70. The van der Waals surface area contributed by atoms with Gasteiger partial charge in [-0.3, -0.25) is 9.79 Å². The van der Waals surface area contributed by atoms with Gasteiger partial charge in [0, 0.05) is 38.4 Å². The summed E-state index contributed by atoms with van der Waals surface area (Å²) in [6.45, 7) is 7.37. The van der Waals surface area contributed by atoms with E-state index in [4.69, 9.17) is 0 Å². The summed E-state index contributed by atoms with van der Waals surface area (Å²) in [4.78, 5) is 16.2. The summed E-state index contributed by atoms with van der Waals surface area (Å²) in [7, 11) is -1.48. The topological polar surface area (TPSA) is 99.7 Å². The van der Waals surface area contributed by atoms with Gasteiger partial charge in [-0.2, -0.15) is 0 Å². The van der Waals surface area contributed by atoms with Gasteiger partial charge < -0.3 is 16.0 Å². The van der Waals surface area contributed by atoms with Crippen molar-refractivity contribution in [1.82, 2.24) is 16.0 Å². The lowest BCUT2D eigenvalue weighted by Gasteiger charge is -2.18. The van der Waals surface area contributed by atoms with E-state index in [0.717, 1.165) is 12.0 Å². The summed E-state index contributed by atoms with van der Waals surface area (Å²) in [6, 6.07) is 6.87. The molecule has 0 heterocycles. The van der Waals surface area contributed by atoms with Gasteiger partial charge in [-0.25, -0.2) is 8.42 Å². The van der Waals surface area contributed by atoms with Gasteiger partial charge in [-0.1, -0.05) is 32.9 Å². The van der Waals surface area contributed by atoms with Crippen LogP contribution in [0.3, 0.4) is 0 Å². The van der Waals surface area contributed by atoms with E-state index < -0.39 is 15.3 Å². The number of benzene rings is 1. The molecule has 0 aromatic heterocycles. The molecule has 9 heteroatoms. The molecule has 0 spiro atoms. The summed E-state index contributed by atoms with van der Waals surface area (Å²) in [5, 5.41) is 9.19. The number of aliphatic imine (C=N–C) groups is 1. The summed E-state index contributed by atoms with van der Waals surface area (Å²) in [5.74, 6) is 0.669. The third-order valence-corrected chi connectivity index (χ3v) is 4.79. The molecule has 7 nitrogen and oxygen atoms in total. The molecule has 0 fully saturated rings. The maximum absolute atomic E-state index is 11.8. The number of rotatable bonds is 7. The van der Waals surface area contributed by atoms with Crippen LogP contribution in [0.4, 0.5) is 0 Å². The lowest BCUT2D eigenvalue weighted by molar-refractivity contribution is -0.128. The van der Waals surface area contributed by atoms with Crippen LogP contribution >= 0.6 is 24.0 Å². The Hall–Kier alpha value is -1.36. The second-order valence-electron chi connectivity index (χ2n) is 7.10. The zero-order valence-corrected chi connectivity index (χ0v) is 19.8. The number of hydrogen-bond donors (Lipinski definition) is 3. The molecular formula is C18H31IN4O3S. The largest absolute Gasteiger partial charge is 0.356 e. The Morgan fingerprint density at radius 2 is 1.52 bits per heavy atom. The first-order valence-electron chi connectivity index (χ1n) is 8.56. The van der Waals surface area contributed by atoms with Gasteiger partial charge in [-0.15, -0.1) is 24.0 Å². The SMILES string of the molecule is CN=C(NCCNC(=O)C(C)(C)C)NCCc1ccc(S(C)(=O)=O)cc1.I. The minimum absolute atomic E-state index is 0. The number of nitrogens with one attached hydrogen (secondary N) is 3. The standard InChI is InChI=1S/C18H30N4O3S.HI/c1-18(2,3)16(23)20-12-13-22-17(19-4)21-11-10-14-6-8-15(9-7-14)26(5,24)25;/h6-9H,10-13H2,1-5H3,(H,20,23)(H2,19,21,22);1H. The molecule has 1 amide bonds. The van der Waals surface area contributed by atoms with Crippen molar-refractivity contribution in [2.24, 2.45) is 10.4 Å². The highest BCUT2D eigenvalue weighted by Gasteiger charge is 2.20. The van der Waals surface area contributed by atoms with Crippen molar-refractivity contribution in [2.45, 2.75) is 32.1 Å². The van der Waals surface area contributed by atoms with E-state index >= 15 is 0 Å². The van der Waals surface area contributed by atoms with Gasteiger partial charge in [0.25, 0.3) is 0 Å². The molecular weight excluding hydrogens is 479 g/mol. The lowest BCUT2D eigenvalue weighted by atomic mass is 9.96. The van der Waals surface area contributed by atoms with Crippen LogP contribution in [-0.4, -0.2) is 53.2 Å². The molecule has 154 valence electrons. The molecule has 0 atom stereocenters. The van der Waals surface area contributed by atoms with Crippen LogP contribution in [0.15, 0.2) is 34.2 Å². The Morgan fingerprint density at radius 3 is 2.00 bits per heavy atom. The number of guanidine groups is 1. The fourth-order valence-electron chi connectivity index (χ4n) is 2.07. The number of amides is 1. The minimum Gasteiger partial charge on any atom is -0.356 e. The van der Waals surface area contributed by atoms with Crippen LogP contribution in [0.25, 0.3) is 0 Å². The number of sulfone groups is 1. The molecule has 0 aliphatic rings. The van der Waals surface area contributed by atoms with E-state index in [1.54, 1.807) is 19.2 Å². The average molecular weight is 510 g/mol. The zero-order valence-electron chi connectivity index (χ0n) is 16.6. The smallest absolute Gasteiger partial charge is 0.225 e. The van der Waals surface area contributed by atoms with Gasteiger partial charge >= 0.3 is 0 Å². The fraction of sp³-hybridized carbons (Fsp3) is 0.556. The highest BCUT2D eigenvalue weighted by atomic mass is 127. The monoisotopic (exact) mass is 510 g/mol. The third kappa shape index (κ3) is 9.94. The van der Waals surface area contributed by atoms with Crippen molar-refractivity contribution in [2.75, 3.05) is 32.9 Å². The third-order valence-electron chi connectivity index (χ3n) is 3.67. The van der Waals surface area contributed by atoms with E-state index in [-0.39, 0.29) is 29.9 Å². The number of carbonyl (C=O) groups is 1. The second-order valence-corrected chi connectivity index (χ2v) is 9.11. The van der Waals surface area contributed by atoms with E-state index in [0.29, 0.717) is 30.5 Å². The van der Waals surface area contributed by atoms with E-state index in [2.05, 4.69) is 20.9 Å². The van der Waals surface area contributed by atoms with Gasteiger partial charge in [-0.05, 0) is 24.1 Å². The molecule has 1 rings (SSSR count). The highest BCUT2D eigenvalue weighted by Crippen LogP contribution is 2.12. The van der Waals surface area contributed by atoms with Crippen molar-refractivity contribution in [1.29, 1.82) is 0 Å². The van der Waals surface area contributed by atoms with E-state index in [1.165, 1.54) is 6.26 Å². The van der Waals surface area contributed by atoms with Crippen molar-refractivity contribution in [3.63, 3.8) is 0 Å².